The summed E-state index contributed by atoms with van der Waals surface area (Å²) in [6.45, 7) is 5.28. The van der Waals surface area contributed by atoms with Gasteiger partial charge in [0.1, 0.15) is 5.67 Å². The number of aromatic carboxylic acids is 1. The summed E-state index contributed by atoms with van der Waals surface area (Å²) in [6.07, 6.45) is 6.68. The van der Waals surface area contributed by atoms with Crippen molar-refractivity contribution in [2.45, 2.75) is 51.1 Å². The van der Waals surface area contributed by atoms with Gasteiger partial charge in [0.15, 0.2) is 0 Å². The number of carboxylic acid groups (broad SMARTS) is 1. The van der Waals surface area contributed by atoms with Crippen LogP contribution in [0.3, 0.4) is 0 Å². The smallest absolute Gasteiger partial charge is 0.335 e. The van der Waals surface area contributed by atoms with Gasteiger partial charge < -0.3 is 5.11 Å². The Bertz CT molecular complexity index is 435. The Balaban J connectivity index is 2.44. The summed E-state index contributed by atoms with van der Waals surface area (Å²) in [5.74, 6) is -0.957. The Morgan fingerprint density at radius 3 is 2.50 bits per heavy atom. The van der Waals surface area contributed by atoms with Crippen LogP contribution < -0.4 is 0 Å². The molecule has 1 atom stereocenters. The molecule has 2 nitrogen and oxygen atoms in total. The highest BCUT2D eigenvalue weighted by atomic mass is 19.1. The lowest BCUT2D eigenvalue weighted by atomic mass is 9.92. The standard InChI is InChI=1S/C17H23FO2/c1-3-4-5-6-7-12-17(2,18)13-14-8-10-15(11-9-14)16(19)20/h3,8-11H,1,4-7,12-13H2,2H3,(H,19,20). The molecule has 1 aromatic rings. The van der Waals surface area contributed by atoms with Crippen LogP contribution in [-0.4, -0.2) is 16.7 Å². The topological polar surface area (TPSA) is 37.3 Å². The van der Waals surface area contributed by atoms with Crippen LogP contribution in [0.2, 0.25) is 0 Å². The zero-order valence-electron chi connectivity index (χ0n) is 12.1. The van der Waals surface area contributed by atoms with Crippen LogP contribution in [0.4, 0.5) is 4.39 Å². The molecular weight excluding hydrogens is 255 g/mol. The Kier molecular flexibility index (Phi) is 6.43. The monoisotopic (exact) mass is 278 g/mol. The molecule has 0 amide bonds. The summed E-state index contributed by atoms with van der Waals surface area (Å²) < 4.78 is 14.4. The van der Waals surface area contributed by atoms with Crippen LogP contribution in [0.15, 0.2) is 36.9 Å². The number of benzene rings is 1. The molecule has 20 heavy (non-hydrogen) atoms. The number of halogens is 1. The molecule has 0 spiro atoms. The van der Waals surface area contributed by atoms with E-state index in [0.29, 0.717) is 12.8 Å². The van der Waals surface area contributed by atoms with Crippen molar-refractivity contribution in [1.29, 1.82) is 0 Å². The first-order chi connectivity index (χ1) is 9.44. The minimum absolute atomic E-state index is 0.235. The molecule has 0 aliphatic rings. The third-order valence-corrected chi connectivity index (χ3v) is 3.38. The molecule has 0 fully saturated rings. The number of unbranched alkanes of at least 4 members (excludes halogenated alkanes) is 3. The van der Waals surface area contributed by atoms with Crippen LogP contribution in [-0.2, 0) is 6.42 Å². The van der Waals surface area contributed by atoms with Crippen LogP contribution in [0.1, 0.15) is 54.9 Å². The lowest BCUT2D eigenvalue weighted by Crippen LogP contribution is -2.21. The molecule has 0 aromatic heterocycles. The molecule has 1 unspecified atom stereocenters. The van der Waals surface area contributed by atoms with Crippen molar-refractivity contribution in [2.24, 2.45) is 0 Å². The lowest BCUT2D eigenvalue weighted by Gasteiger charge is -2.20. The van der Waals surface area contributed by atoms with E-state index in [0.717, 1.165) is 31.2 Å². The highest BCUT2D eigenvalue weighted by Crippen LogP contribution is 2.24. The fourth-order valence-electron chi connectivity index (χ4n) is 2.24. The first-order valence-corrected chi connectivity index (χ1v) is 7.07. The van der Waals surface area contributed by atoms with E-state index in [9.17, 15) is 9.18 Å². The number of rotatable bonds is 9. The molecule has 0 aliphatic carbocycles. The number of alkyl halides is 1. The Labute approximate surface area is 120 Å². The molecule has 0 aliphatic heterocycles. The maximum atomic E-state index is 14.4. The Hall–Kier alpha value is -1.64. The van der Waals surface area contributed by atoms with Gasteiger partial charge in [-0.05, 0) is 43.9 Å². The van der Waals surface area contributed by atoms with E-state index in [2.05, 4.69) is 6.58 Å². The van der Waals surface area contributed by atoms with Crippen molar-refractivity contribution in [1.82, 2.24) is 0 Å². The number of allylic oxidation sites excluding steroid dienone is 1. The van der Waals surface area contributed by atoms with Crippen LogP contribution in [0.25, 0.3) is 0 Å². The van der Waals surface area contributed by atoms with E-state index in [1.165, 1.54) is 12.1 Å². The van der Waals surface area contributed by atoms with Gasteiger partial charge in [0.05, 0.1) is 5.56 Å². The number of hydrogen-bond acceptors (Lipinski definition) is 1. The fourth-order valence-corrected chi connectivity index (χ4v) is 2.24. The number of carboxylic acids is 1. The van der Waals surface area contributed by atoms with E-state index >= 15 is 0 Å². The molecule has 0 bridgehead atoms. The molecule has 0 radical (unpaired) electrons. The van der Waals surface area contributed by atoms with Crippen molar-refractivity contribution in [3.63, 3.8) is 0 Å². The van der Waals surface area contributed by atoms with Crippen LogP contribution in [0, 0.1) is 0 Å². The molecule has 1 N–H and O–H groups in total. The predicted octanol–water partition coefficient (Wildman–Crippen LogP) is 4.79. The number of hydrogen-bond donors (Lipinski definition) is 1. The second-order valence-corrected chi connectivity index (χ2v) is 5.48. The molecule has 1 rings (SSSR count). The molecule has 0 saturated heterocycles. The van der Waals surface area contributed by atoms with E-state index in [4.69, 9.17) is 5.11 Å². The van der Waals surface area contributed by atoms with Crippen molar-refractivity contribution < 1.29 is 14.3 Å². The zero-order chi connectivity index (χ0) is 15.0. The predicted molar refractivity (Wildman–Crippen MR) is 79.9 cm³/mol. The summed E-state index contributed by atoms with van der Waals surface area (Å²) >= 11 is 0. The second kappa shape index (κ2) is 7.83. The average molecular weight is 278 g/mol. The zero-order valence-corrected chi connectivity index (χ0v) is 12.1. The minimum Gasteiger partial charge on any atom is -0.478 e. The summed E-state index contributed by atoms with van der Waals surface area (Å²) in [5, 5.41) is 8.81. The maximum Gasteiger partial charge on any atom is 0.335 e. The van der Waals surface area contributed by atoms with E-state index in [1.807, 2.05) is 6.08 Å². The molecular formula is C17H23FO2. The molecule has 3 heteroatoms. The second-order valence-electron chi connectivity index (χ2n) is 5.48. The average Bonchev–Trinajstić information content (AvgIpc) is 2.38. The van der Waals surface area contributed by atoms with Crippen molar-refractivity contribution in [3.05, 3.63) is 48.0 Å². The molecule has 0 heterocycles. The molecule has 1 aromatic carbocycles. The number of carbonyl (C=O) groups is 1. The van der Waals surface area contributed by atoms with Gasteiger partial charge in [0.2, 0.25) is 0 Å². The van der Waals surface area contributed by atoms with E-state index < -0.39 is 11.6 Å². The van der Waals surface area contributed by atoms with Gasteiger partial charge in [-0.15, -0.1) is 6.58 Å². The fraction of sp³-hybridized carbons (Fsp3) is 0.471. The molecule has 110 valence electrons. The third-order valence-electron chi connectivity index (χ3n) is 3.38. The van der Waals surface area contributed by atoms with Gasteiger partial charge in [0, 0.05) is 6.42 Å². The van der Waals surface area contributed by atoms with E-state index in [-0.39, 0.29) is 5.56 Å². The first-order valence-electron chi connectivity index (χ1n) is 7.07. The Morgan fingerprint density at radius 2 is 1.95 bits per heavy atom. The van der Waals surface area contributed by atoms with Crippen molar-refractivity contribution in [3.8, 4) is 0 Å². The van der Waals surface area contributed by atoms with Gasteiger partial charge in [-0.2, -0.15) is 0 Å². The largest absolute Gasteiger partial charge is 0.478 e. The summed E-state index contributed by atoms with van der Waals surface area (Å²) in [4.78, 5) is 10.7. The maximum absolute atomic E-state index is 14.4. The summed E-state index contributed by atoms with van der Waals surface area (Å²) in [6, 6.07) is 6.44. The summed E-state index contributed by atoms with van der Waals surface area (Å²) in [7, 11) is 0. The van der Waals surface area contributed by atoms with Gasteiger partial charge in [0.25, 0.3) is 0 Å². The lowest BCUT2D eigenvalue weighted by molar-refractivity contribution is 0.0697. The van der Waals surface area contributed by atoms with Gasteiger partial charge in [-0.25, -0.2) is 9.18 Å². The van der Waals surface area contributed by atoms with Crippen molar-refractivity contribution in [2.75, 3.05) is 0 Å². The van der Waals surface area contributed by atoms with Gasteiger partial charge in [-0.1, -0.05) is 31.1 Å². The highest BCUT2D eigenvalue weighted by Gasteiger charge is 2.23. The van der Waals surface area contributed by atoms with Gasteiger partial charge >= 0.3 is 5.97 Å². The minimum atomic E-state index is -1.24. The Morgan fingerprint density at radius 1 is 1.30 bits per heavy atom. The van der Waals surface area contributed by atoms with Crippen LogP contribution >= 0.6 is 0 Å². The van der Waals surface area contributed by atoms with E-state index in [1.54, 1.807) is 19.1 Å². The third kappa shape index (κ3) is 6.00. The first kappa shape index (κ1) is 16.4. The SMILES string of the molecule is C=CCCCCCC(C)(F)Cc1ccc(C(=O)O)cc1. The summed E-state index contributed by atoms with van der Waals surface area (Å²) in [5.41, 5.74) is -0.163. The van der Waals surface area contributed by atoms with Gasteiger partial charge in [-0.3, -0.25) is 0 Å². The molecule has 0 saturated carbocycles. The quantitative estimate of drug-likeness (QED) is 0.521. The normalized spacial score (nSPS) is 13.7. The van der Waals surface area contributed by atoms with Crippen molar-refractivity contribution >= 4 is 5.97 Å². The van der Waals surface area contributed by atoms with Crippen LogP contribution in [0.5, 0.6) is 0 Å². The highest BCUT2D eigenvalue weighted by molar-refractivity contribution is 5.87.